The molecule has 14 heavy (non-hydrogen) atoms. The Kier molecular flexibility index (Phi) is 3.63. The molecule has 1 aromatic rings. The molecule has 70 valence electrons. The van der Waals surface area contributed by atoms with Crippen molar-refractivity contribution in [1.82, 2.24) is 4.37 Å². The van der Waals surface area contributed by atoms with Crippen LogP contribution in [0.1, 0.15) is 4.88 Å². The molecule has 0 fully saturated rings. The highest BCUT2D eigenvalue weighted by Crippen LogP contribution is 2.32. The summed E-state index contributed by atoms with van der Waals surface area (Å²) in [6.07, 6.45) is 1.46. The van der Waals surface area contributed by atoms with Gasteiger partial charge in [-0.25, -0.2) is 0 Å². The molecule has 1 heterocycles. The highest BCUT2D eigenvalue weighted by Gasteiger charge is 2.10. The summed E-state index contributed by atoms with van der Waals surface area (Å²) in [4.78, 5) is 0.694. The molecule has 0 saturated carbocycles. The zero-order valence-corrected chi connectivity index (χ0v) is 9.52. The number of aromatic nitrogens is 1. The van der Waals surface area contributed by atoms with Gasteiger partial charge in [-0.2, -0.15) is 14.9 Å². The summed E-state index contributed by atoms with van der Waals surface area (Å²) in [5.41, 5.74) is 0.0389. The van der Waals surface area contributed by atoms with Crippen molar-refractivity contribution in [2.24, 2.45) is 0 Å². The van der Waals surface area contributed by atoms with Crippen LogP contribution in [0.25, 0.3) is 6.08 Å². The first kappa shape index (κ1) is 10.7. The van der Waals surface area contributed by atoms with Crippen LogP contribution in [0.3, 0.4) is 0 Å². The fraction of sp³-hybridized carbons (Fsp3) is 0.125. The largest absolute Gasteiger partial charge is 0.480 e. The number of rotatable bonds is 2. The Hall–Kier alpha value is -1.37. The normalized spacial score (nSPS) is 8.57. The van der Waals surface area contributed by atoms with Crippen molar-refractivity contribution >= 4 is 33.5 Å². The van der Waals surface area contributed by atoms with Crippen LogP contribution in [0.4, 0.5) is 0 Å². The van der Waals surface area contributed by atoms with Gasteiger partial charge >= 0.3 is 0 Å². The van der Waals surface area contributed by atoms with Crippen LogP contribution in [-0.4, -0.2) is 11.5 Å². The highest BCUT2D eigenvalue weighted by atomic mass is 79.9. The average molecular weight is 270 g/mol. The molecule has 0 radical (unpaired) electrons. The van der Waals surface area contributed by atoms with Gasteiger partial charge in [0.25, 0.3) is 0 Å². The Balaban J connectivity index is 3.12. The monoisotopic (exact) mass is 269 g/mol. The Morgan fingerprint density at radius 1 is 1.57 bits per heavy atom. The molecule has 4 nitrogen and oxygen atoms in total. The Morgan fingerprint density at radius 2 is 2.21 bits per heavy atom. The molecule has 0 bridgehead atoms. The van der Waals surface area contributed by atoms with Crippen molar-refractivity contribution in [3.63, 3.8) is 0 Å². The second kappa shape index (κ2) is 4.75. The summed E-state index contributed by atoms with van der Waals surface area (Å²) in [6, 6.07) is 3.54. The average Bonchev–Trinajstić information content (AvgIpc) is 2.56. The van der Waals surface area contributed by atoms with Gasteiger partial charge < -0.3 is 4.74 Å². The smallest absolute Gasteiger partial charge is 0.240 e. The van der Waals surface area contributed by atoms with Crippen molar-refractivity contribution in [3.05, 3.63) is 14.9 Å². The maximum Gasteiger partial charge on any atom is 0.240 e. The number of nitriles is 2. The molecule has 0 aliphatic carbocycles. The van der Waals surface area contributed by atoms with Gasteiger partial charge in [0.15, 0.2) is 0 Å². The van der Waals surface area contributed by atoms with E-state index in [9.17, 15) is 0 Å². The van der Waals surface area contributed by atoms with Crippen molar-refractivity contribution in [2.45, 2.75) is 0 Å². The minimum absolute atomic E-state index is 0.0389. The first-order valence-electron chi connectivity index (χ1n) is 3.44. The second-order valence-corrected chi connectivity index (χ2v) is 3.75. The van der Waals surface area contributed by atoms with Gasteiger partial charge in [-0.05, 0) is 33.5 Å². The number of ether oxygens (including phenoxy) is 1. The minimum atomic E-state index is 0.0389. The summed E-state index contributed by atoms with van der Waals surface area (Å²) in [6.45, 7) is 0. The predicted molar refractivity (Wildman–Crippen MR) is 55.6 cm³/mol. The van der Waals surface area contributed by atoms with E-state index in [-0.39, 0.29) is 5.57 Å². The van der Waals surface area contributed by atoms with Gasteiger partial charge in [0.1, 0.15) is 17.7 Å². The third-order valence-electron chi connectivity index (χ3n) is 1.34. The maximum absolute atomic E-state index is 8.54. The second-order valence-electron chi connectivity index (χ2n) is 2.15. The Morgan fingerprint density at radius 3 is 2.64 bits per heavy atom. The van der Waals surface area contributed by atoms with E-state index >= 15 is 0 Å². The number of hydrogen-bond donors (Lipinski definition) is 0. The lowest BCUT2D eigenvalue weighted by atomic mass is 10.3. The van der Waals surface area contributed by atoms with Crippen molar-refractivity contribution in [2.75, 3.05) is 7.11 Å². The van der Waals surface area contributed by atoms with Crippen LogP contribution in [-0.2, 0) is 0 Å². The number of hydrogen-bond acceptors (Lipinski definition) is 5. The van der Waals surface area contributed by atoms with E-state index in [1.54, 1.807) is 12.1 Å². The zero-order valence-electron chi connectivity index (χ0n) is 7.11. The van der Waals surface area contributed by atoms with Gasteiger partial charge in [-0.1, -0.05) is 0 Å². The third kappa shape index (κ3) is 2.11. The third-order valence-corrected chi connectivity index (χ3v) is 3.15. The number of allylic oxidation sites excluding steroid dienone is 1. The molecular weight excluding hydrogens is 266 g/mol. The number of halogens is 1. The van der Waals surface area contributed by atoms with Crippen LogP contribution >= 0.6 is 27.5 Å². The van der Waals surface area contributed by atoms with Crippen LogP contribution in [0, 0.1) is 22.7 Å². The standard InChI is InChI=1S/C8H4BrN3OS/c1-13-8-7(9)6(14-12-8)2-5(3-10)4-11/h2H,1H3. The van der Waals surface area contributed by atoms with Crippen molar-refractivity contribution in [1.29, 1.82) is 10.5 Å². The summed E-state index contributed by atoms with van der Waals surface area (Å²) in [5.74, 6) is 0.455. The van der Waals surface area contributed by atoms with Gasteiger partial charge in [0, 0.05) is 0 Å². The summed E-state index contributed by atoms with van der Waals surface area (Å²) >= 11 is 4.42. The minimum Gasteiger partial charge on any atom is -0.480 e. The lowest BCUT2D eigenvalue weighted by Crippen LogP contribution is -1.81. The fourth-order valence-corrected chi connectivity index (χ4v) is 2.10. The van der Waals surface area contributed by atoms with Crippen LogP contribution in [0.15, 0.2) is 10.0 Å². The molecule has 0 aromatic carbocycles. The lowest BCUT2D eigenvalue weighted by Gasteiger charge is -1.92. The van der Waals surface area contributed by atoms with Crippen LogP contribution in [0.5, 0.6) is 5.88 Å². The molecule has 1 rings (SSSR count). The van der Waals surface area contributed by atoms with E-state index in [1.807, 2.05) is 0 Å². The van der Waals surface area contributed by atoms with Crippen LogP contribution in [0.2, 0.25) is 0 Å². The lowest BCUT2D eigenvalue weighted by molar-refractivity contribution is 0.400. The molecule has 1 aromatic heterocycles. The molecule has 0 unspecified atom stereocenters. The van der Waals surface area contributed by atoms with Gasteiger partial charge in [0.05, 0.1) is 16.5 Å². The molecule has 0 N–H and O–H groups in total. The molecular formula is C8H4BrN3OS. The molecule has 0 spiro atoms. The topological polar surface area (TPSA) is 69.7 Å². The van der Waals surface area contributed by atoms with Gasteiger partial charge in [-0.15, -0.1) is 0 Å². The van der Waals surface area contributed by atoms with E-state index in [2.05, 4.69) is 20.3 Å². The zero-order chi connectivity index (χ0) is 10.6. The maximum atomic E-state index is 8.54. The molecule has 0 amide bonds. The Labute approximate surface area is 93.3 Å². The van der Waals surface area contributed by atoms with Crippen molar-refractivity contribution in [3.8, 4) is 18.0 Å². The van der Waals surface area contributed by atoms with Gasteiger partial charge in [-0.3, -0.25) is 0 Å². The molecule has 6 heteroatoms. The van der Waals surface area contributed by atoms with E-state index < -0.39 is 0 Å². The predicted octanol–water partition coefficient (Wildman–Crippen LogP) is 2.34. The number of nitrogens with zero attached hydrogens (tertiary/aromatic N) is 3. The summed E-state index contributed by atoms with van der Waals surface area (Å²) in [7, 11) is 1.50. The highest BCUT2D eigenvalue weighted by molar-refractivity contribution is 9.10. The molecule has 0 saturated heterocycles. The first-order chi connectivity index (χ1) is 6.72. The van der Waals surface area contributed by atoms with E-state index in [1.165, 1.54) is 13.2 Å². The molecule has 0 atom stereocenters. The summed E-state index contributed by atoms with van der Waals surface area (Å²) < 4.78 is 9.56. The van der Waals surface area contributed by atoms with Gasteiger partial charge in [0.2, 0.25) is 5.88 Å². The summed E-state index contributed by atoms with van der Waals surface area (Å²) in [5, 5.41) is 17.1. The Bertz CT molecular complexity index is 436. The SMILES string of the molecule is COc1nsc(C=C(C#N)C#N)c1Br. The first-order valence-corrected chi connectivity index (χ1v) is 5.00. The fourth-order valence-electron chi connectivity index (χ4n) is 0.713. The molecule has 0 aliphatic rings. The van der Waals surface area contributed by atoms with E-state index in [4.69, 9.17) is 15.3 Å². The quantitative estimate of drug-likeness (QED) is 0.773. The van der Waals surface area contributed by atoms with E-state index in [0.717, 1.165) is 11.5 Å². The van der Waals surface area contributed by atoms with Crippen LogP contribution < -0.4 is 4.74 Å². The molecule has 0 aliphatic heterocycles. The van der Waals surface area contributed by atoms with Crippen molar-refractivity contribution < 1.29 is 4.74 Å². The number of methoxy groups -OCH3 is 1. The van der Waals surface area contributed by atoms with E-state index in [0.29, 0.717) is 15.2 Å².